The van der Waals surface area contributed by atoms with E-state index in [1.165, 1.54) is 22.3 Å². The lowest BCUT2D eigenvalue weighted by atomic mass is 9.82. The first-order chi connectivity index (χ1) is 21.5. The smallest absolute Gasteiger partial charge is 0.170 e. The van der Waals surface area contributed by atoms with Gasteiger partial charge in [0.2, 0.25) is 0 Å². The molecule has 0 saturated heterocycles. The normalized spacial score (nSPS) is 13.8. The van der Waals surface area contributed by atoms with Gasteiger partial charge in [0.05, 0.1) is 11.0 Å². The molecule has 0 N–H and O–H groups in total. The van der Waals surface area contributed by atoms with Crippen molar-refractivity contribution in [2.24, 2.45) is 0 Å². The van der Waals surface area contributed by atoms with Gasteiger partial charge in [-0.15, -0.1) is 0 Å². The molecule has 9 rings (SSSR count). The Bertz CT molecular complexity index is 2260. The molecule has 7 aromatic rings. The van der Waals surface area contributed by atoms with Crippen LogP contribution in [0.4, 0.5) is 0 Å². The first-order valence-corrected chi connectivity index (χ1v) is 15.0. The molecule has 0 spiro atoms. The second-order valence-electron chi connectivity index (χ2n) is 12.1. The lowest BCUT2D eigenvalue weighted by Gasteiger charge is -2.25. The predicted molar refractivity (Wildman–Crippen MR) is 176 cm³/mol. The lowest BCUT2D eigenvalue weighted by Crippen LogP contribution is -2.15. The Balaban J connectivity index is 1.10. The van der Waals surface area contributed by atoms with Gasteiger partial charge in [-0.05, 0) is 88.0 Å². The van der Waals surface area contributed by atoms with Gasteiger partial charge in [-0.1, -0.05) is 92.7 Å². The molecule has 0 radical (unpaired) electrons. The Kier molecular flexibility index (Phi) is 5.21. The van der Waals surface area contributed by atoms with Crippen LogP contribution in [0.5, 0.6) is 23.0 Å². The second-order valence-corrected chi connectivity index (χ2v) is 12.1. The summed E-state index contributed by atoms with van der Waals surface area (Å²) in [6.07, 6.45) is 0. The maximum atomic E-state index is 6.54. The third kappa shape index (κ3) is 3.67. The quantitative estimate of drug-likeness (QED) is 0.213. The second kappa shape index (κ2) is 9.19. The van der Waals surface area contributed by atoms with Gasteiger partial charge in [0.1, 0.15) is 5.82 Å². The summed E-state index contributed by atoms with van der Waals surface area (Å²) in [4.78, 5) is 5.06. The van der Waals surface area contributed by atoms with Crippen molar-refractivity contribution in [1.29, 1.82) is 0 Å². The molecule has 0 atom stereocenters. The van der Waals surface area contributed by atoms with Gasteiger partial charge in [-0.3, -0.25) is 4.57 Å². The molecule has 0 fully saturated rings. The zero-order chi connectivity index (χ0) is 29.4. The number of benzene rings is 6. The molecule has 0 unspecified atom stereocenters. The highest BCUT2D eigenvalue weighted by Crippen LogP contribution is 2.55. The summed E-state index contributed by atoms with van der Waals surface area (Å²) in [7, 11) is 0. The zero-order valence-electron chi connectivity index (χ0n) is 24.4. The molecule has 0 amide bonds. The van der Waals surface area contributed by atoms with Crippen molar-refractivity contribution >= 4 is 11.0 Å². The number of ether oxygens (including phenoxy) is 2. The number of fused-ring (bicyclic) bond motifs is 6. The molecule has 2 heterocycles. The van der Waals surface area contributed by atoms with Gasteiger partial charge in [0, 0.05) is 16.7 Å². The zero-order valence-corrected chi connectivity index (χ0v) is 24.4. The molecule has 1 aliphatic carbocycles. The fourth-order valence-electron chi connectivity index (χ4n) is 6.85. The van der Waals surface area contributed by atoms with Crippen LogP contribution in [0.25, 0.3) is 50.4 Å². The van der Waals surface area contributed by atoms with Crippen LogP contribution < -0.4 is 9.47 Å². The van der Waals surface area contributed by atoms with Crippen molar-refractivity contribution in [2.45, 2.75) is 19.3 Å². The van der Waals surface area contributed by atoms with Crippen LogP contribution in [0.2, 0.25) is 0 Å². The van der Waals surface area contributed by atoms with Gasteiger partial charge in [-0.25, -0.2) is 4.98 Å². The van der Waals surface area contributed by atoms with E-state index >= 15 is 0 Å². The van der Waals surface area contributed by atoms with E-state index in [4.69, 9.17) is 14.5 Å². The van der Waals surface area contributed by atoms with Crippen LogP contribution in [0.15, 0.2) is 133 Å². The first kappa shape index (κ1) is 24.9. The van der Waals surface area contributed by atoms with Crippen LogP contribution in [-0.2, 0) is 5.41 Å². The predicted octanol–water partition coefficient (Wildman–Crippen LogP) is 10.6. The summed E-state index contributed by atoms with van der Waals surface area (Å²) in [6.45, 7) is 4.55. The fraction of sp³-hybridized carbons (Fsp3) is 0.0750. The van der Waals surface area contributed by atoms with E-state index in [1.54, 1.807) is 0 Å². The van der Waals surface area contributed by atoms with Crippen molar-refractivity contribution in [3.05, 3.63) is 145 Å². The average Bonchev–Trinajstić information content (AvgIpc) is 3.56. The molecule has 2 aliphatic rings. The number of imidazole rings is 1. The Labute approximate surface area is 255 Å². The maximum Gasteiger partial charge on any atom is 0.170 e. The molecule has 4 nitrogen and oxygen atoms in total. The van der Waals surface area contributed by atoms with Crippen molar-refractivity contribution in [3.8, 4) is 62.3 Å². The van der Waals surface area contributed by atoms with Crippen molar-refractivity contribution < 1.29 is 9.47 Å². The summed E-state index contributed by atoms with van der Waals surface area (Å²) in [5, 5.41) is 0. The molecule has 0 bridgehead atoms. The Morgan fingerprint density at radius 1 is 0.523 bits per heavy atom. The van der Waals surface area contributed by atoms with E-state index in [1.807, 2.05) is 18.2 Å². The van der Waals surface area contributed by atoms with Crippen molar-refractivity contribution in [2.75, 3.05) is 0 Å². The van der Waals surface area contributed by atoms with E-state index in [2.05, 4.69) is 134 Å². The van der Waals surface area contributed by atoms with Gasteiger partial charge >= 0.3 is 0 Å². The number of nitrogens with zero attached hydrogens (tertiary/aromatic N) is 2. The standard InChI is InChI=1S/C40H28N2O2/c1-40(2)31-16-7-6-15-29(31)30-23-37-38(24-32(30)40)43-35-20-19-26(22-36(35)44-37)25-11-10-12-27(21-25)39-41-33-17-8-9-18-34(33)42(39)28-13-4-3-5-14-28/h3-24H,1-2H3. The summed E-state index contributed by atoms with van der Waals surface area (Å²) < 4.78 is 15.2. The Morgan fingerprint density at radius 3 is 2.14 bits per heavy atom. The summed E-state index contributed by atoms with van der Waals surface area (Å²) >= 11 is 0. The molecule has 4 heteroatoms. The van der Waals surface area contributed by atoms with Crippen LogP contribution in [-0.4, -0.2) is 9.55 Å². The highest BCUT2D eigenvalue weighted by Gasteiger charge is 2.37. The fourth-order valence-corrected chi connectivity index (χ4v) is 6.85. The van der Waals surface area contributed by atoms with E-state index in [-0.39, 0.29) is 5.41 Å². The monoisotopic (exact) mass is 568 g/mol. The summed E-state index contributed by atoms with van der Waals surface area (Å²) in [6, 6.07) is 46.3. The molecule has 0 saturated carbocycles. The van der Waals surface area contributed by atoms with Crippen LogP contribution in [0, 0.1) is 0 Å². The number of para-hydroxylation sites is 3. The number of hydrogen-bond acceptors (Lipinski definition) is 3. The van der Waals surface area contributed by atoms with Gasteiger partial charge in [0.25, 0.3) is 0 Å². The number of rotatable bonds is 3. The van der Waals surface area contributed by atoms with E-state index in [9.17, 15) is 0 Å². The van der Waals surface area contributed by atoms with Crippen LogP contribution in [0.1, 0.15) is 25.0 Å². The van der Waals surface area contributed by atoms with Crippen LogP contribution >= 0.6 is 0 Å². The molecule has 1 aliphatic heterocycles. The molecular weight excluding hydrogens is 540 g/mol. The number of aromatic nitrogens is 2. The third-order valence-corrected chi connectivity index (χ3v) is 9.06. The largest absolute Gasteiger partial charge is 0.450 e. The van der Waals surface area contributed by atoms with Gasteiger partial charge in [0.15, 0.2) is 23.0 Å². The molecule has 1 aromatic heterocycles. The summed E-state index contributed by atoms with van der Waals surface area (Å²) in [5.41, 5.74) is 11.3. The maximum absolute atomic E-state index is 6.54. The van der Waals surface area contributed by atoms with Crippen LogP contribution in [0.3, 0.4) is 0 Å². The highest BCUT2D eigenvalue weighted by atomic mass is 16.6. The average molecular weight is 569 g/mol. The Morgan fingerprint density at radius 2 is 1.23 bits per heavy atom. The van der Waals surface area contributed by atoms with Gasteiger partial charge in [-0.2, -0.15) is 0 Å². The van der Waals surface area contributed by atoms with Gasteiger partial charge < -0.3 is 9.47 Å². The van der Waals surface area contributed by atoms with Crippen molar-refractivity contribution in [3.63, 3.8) is 0 Å². The minimum Gasteiger partial charge on any atom is -0.450 e. The molecule has 6 aromatic carbocycles. The topological polar surface area (TPSA) is 36.3 Å². The molecular formula is C40H28N2O2. The number of hydrogen-bond donors (Lipinski definition) is 0. The SMILES string of the molecule is CC1(C)c2ccccc2-c2cc3c(cc21)Oc1ccc(-c2cccc(-c4nc5ccccc5n4-c4ccccc4)c2)cc1O3. The van der Waals surface area contributed by atoms with E-state index in [0.29, 0.717) is 5.75 Å². The van der Waals surface area contributed by atoms with Crippen molar-refractivity contribution in [1.82, 2.24) is 9.55 Å². The molecule has 210 valence electrons. The highest BCUT2D eigenvalue weighted by molar-refractivity contribution is 5.85. The molecule has 44 heavy (non-hydrogen) atoms. The first-order valence-electron chi connectivity index (χ1n) is 15.0. The Hall–Kier alpha value is -5.61. The minimum atomic E-state index is -0.0967. The van der Waals surface area contributed by atoms with E-state index in [0.717, 1.165) is 56.5 Å². The van der Waals surface area contributed by atoms with E-state index < -0.39 is 0 Å². The summed E-state index contributed by atoms with van der Waals surface area (Å²) in [5.74, 6) is 3.83. The lowest BCUT2D eigenvalue weighted by molar-refractivity contribution is 0.359. The third-order valence-electron chi connectivity index (χ3n) is 9.06. The minimum absolute atomic E-state index is 0.0967.